The van der Waals surface area contributed by atoms with Crippen LogP contribution in [0, 0.1) is 6.92 Å². The lowest BCUT2D eigenvalue weighted by atomic mass is 10.0. The number of carbonyl (C=O) groups excluding carboxylic acids is 1. The fourth-order valence-electron chi connectivity index (χ4n) is 4.11. The first-order valence-electron chi connectivity index (χ1n) is 11.7. The molecular weight excluding hydrogens is 526 g/mol. The third-order valence-corrected chi connectivity index (χ3v) is 7.96. The summed E-state index contributed by atoms with van der Waals surface area (Å²) in [6.45, 7) is 1.67. The molecule has 1 amide bonds. The van der Waals surface area contributed by atoms with E-state index < -0.39 is 22.5 Å². The normalized spacial score (nSPS) is 11.3. The highest BCUT2D eigenvalue weighted by atomic mass is 35.5. The van der Waals surface area contributed by atoms with Gasteiger partial charge in [0.15, 0.2) is 0 Å². The van der Waals surface area contributed by atoms with Crippen LogP contribution in [0.15, 0.2) is 83.8 Å². The maximum absolute atomic E-state index is 13.5. The highest BCUT2D eigenvalue weighted by Gasteiger charge is 2.28. The molecule has 0 radical (unpaired) electrons. The number of aryl methyl sites for hydroxylation is 1. The van der Waals surface area contributed by atoms with Gasteiger partial charge in [-0.3, -0.25) is 13.9 Å². The van der Waals surface area contributed by atoms with Crippen LogP contribution in [0.5, 0.6) is 0 Å². The molecule has 4 aromatic carbocycles. The fourth-order valence-corrected chi connectivity index (χ4v) is 6.00. The third-order valence-electron chi connectivity index (χ3n) is 5.99. The van der Waals surface area contributed by atoms with Crippen LogP contribution < -0.4 is 15.4 Å². The van der Waals surface area contributed by atoms with E-state index in [1.54, 1.807) is 43.3 Å². The number of carboxylic acid groups (broad SMARTS) is 1. The molecule has 0 heterocycles. The van der Waals surface area contributed by atoms with Gasteiger partial charge >= 0.3 is 5.97 Å². The van der Waals surface area contributed by atoms with E-state index in [1.807, 2.05) is 24.3 Å². The molecule has 0 saturated carbocycles. The van der Waals surface area contributed by atoms with Gasteiger partial charge in [0.2, 0.25) is 0 Å². The Balaban J connectivity index is 1.66. The van der Waals surface area contributed by atoms with Crippen molar-refractivity contribution in [2.75, 3.05) is 10.8 Å². The van der Waals surface area contributed by atoms with E-state index in [2.05, 4.69) is 5.32 Å². The zero-order valence-corrected chi connectivity index (χ0v) is 22.1. The number of nitrogens with one attached hydrogen (secondary N) is 1. The minimum absolute atomic E-state index is 0.114. The summed E-state index contributed by atoms with van der Waals surface area (Å²) in [7, 11) is -4.25. The van der Waals surface area contributed by atoms with Gasteiger partial charge in [-0.25, -0.2) is 8.42 Å². The Morgan fingerprint density at radius 2 is 1.68 bits per heavy atom. The number of aliphatic carboxylic acids is 1. The van der Waals surface area contributed by atoms with Crippen LogP contribution in [0.1, 0.15) is 27.0 Å². The standard InChI is InChI=1S/C28H26ClN3O5S/c1-18-11-22(29)14-24(12-18)38(36,37)32(17-27(33)34)23-9-10-25-21(13-23)3-2-4-26(25)28(35)31-16-20-7-5-19(15-30)6-8-20/h2-14H,15-17,30H2,1H3,(H,31,35)(H,33,34). The average molecular weight is 552 g/mol. The molecule has 0 atom stereocenters. The van der Waals surface area contributed by atoms with Gasteiger partial charge in [0, 0.05) is 23.7 Å². The van der Waals surface area contributed by atoms with E-state index in [-0.39, 0.29) is 21.5 Å². The van der Waals surface area contributed by atoms with Crippen LogP contribution in [-0.2, 0) is 27.9 Å². The smallest absolute Gasteiger partial charge is 0.324 e. The second-order valence-electron chi connectivity index (χ2n) is 8.78. The molecule has 0 spiro atoms. The molecule has 0 bridgehead atoms. The highest BCUT2D eigenvalue weighted by Crippen LogP contribution is 2.30. The molecule has 0 saturated heterocycles. The lowest BCUT2D eigenvalue weighted by Crippen LogP contribution is -2.35. The summed E-state index contributed by atoms with van der Waals surface area (Å²) >= 11 is 6.07. The van der Waals surface area contributed by atoms with Crippen LogP contribution in [0.2, 0.25) is 5.02 Å². The highest BCUT2D eigenvalue weighted by molar-refractivity contribution is 7.92. The molecule has 8 nitrogen and oxygen atoms in total. The van der Waals surface area contributed by atoms with E-state index in [0.717, 1.165) is 15.4 Å². The van der Waals surface area contributed by atoms with Crippen molar-refractivity contribution in [1.29, 1.82) is 0 Å². The topological polar surface area (TPSA) is 130 Å². The van der Waals surface area contributed by atoms with Crippen LogP contribution in [-0.4, -0.2) is 31.9 Å². The molecule has 10 heteroatoms. The van der Waals surface area contributed by atoms with Crippen molar-refractivity contribution >= 4 is 50.0 Å². The number of sulfonamides is 1. The number of carboxylic acids is 1. The second-order valence-corrected chi connectivity index (χ2v) is 11.1. The molecule has 0 fully saturated rings. The third kappa shape index (κ3) is 5.96. The summed E-state index contributed by atoms with van der Waals surface area (Å²) in [4.78, 5) is 24.5. The molecule has 4 aromatic rings. The largest absolute Gasteiger partial charge is 0.480 e. The van der Waals surface area contributed by atoms with Gasteiger partial charge in [-0.05, 0) is 70.8 Å². The summed E-state index contributed by atoms with van der Waals surface area (Å²) in [6.07, 6.45) is 0. The lowest BCUT2D eigenvalue weighted by molar-refractivity contribution is -0.135. The summed E-state index contributed by atoms with van der Waals surface area (Å²) in [5.74, 6) is -1.62. The first-order valence-corrected chi connectivity index (χ1v) is 13.5. The molecule has 4 N–H and O–H groups in total. The summed E-state index contributed by atoms with van der Waals surface area (Å²) in [5.41, 5.74) is 8.72. The minimum Gasteiger partial charge on any atom is -0.480 e. The van der Waals surface area contributed by atoms with Crippen molar-refractivity contribution in [2.45, 2.75) is 24.9 Å². The molecule has 0 unspecified atom stereocenters. The second kappa shape index (κ2) is 11.2. The Bertz CT molecular complexity index is 1600. The van der Waals surface area contributed by atoms with Crippen molar-refractivity contribution in [2.24, 2.45) is 5.73 Å². The van der Waals surface area contributed by atoms with Gasteiger partial charge in [-0.2, -0.15) is 0 Å². The quantitative estimate of drug-likeness (QED) is 0.281. The van der Waals surface area contributed by atoms with Crippen LogP contribution in [0.25, 0.3) is 10.8 Å². The molecule has 38 heavy (non-hydrogen) atoms. The Kier molecular flexibility index (Phi) is 8.01. The van der Waals surface area contributed by atoms with Gasteiger partial charge < -0.3 is 16.2 Å². The number of rotatable bonds is 9. The van der Waals surface area contributed by atoms with Crippen molar-refractivity contribution in [3.63, 3.8) is 0 Å². The number of hydrogen-bond donors (Lipinski definition) is 3. The minimum atomic E-state index is -4.25. The molecular formula is C28H26ClN3O5S. The summed E-state index contributed by atoms with van der Waals surface area (Å²) in [5, 5.41) is 13.8. The SMILES string of the molecule is Cc1cc(Cl)cc(S(=O)(=O)N(CC(=O)O)c2ccc3c(C(=O)NCc4ccc(CN)cc4)cccc3c2)c1. The molecule has 196 valence electrons. The van der Waals surface area contributed by atoms with Crippen LogP contribution >= 0.6 is 11.6 Å². The monoisotopic (exact) mass is 551 g/mol. The maximum atomic E-state index is 13.5. The zero-order valence-electron chi connectivity index (χ0n) is 20.5. The van der Waals surface area contributed by atoms with E-state index in [0.29, 0.717) is 35.0 Å². The number of carbonyl (C=O) groups is 2. The number of nitrogens with two attached hydrogens (primary N) is 1. The van der Waals surface area contributed by atoms with Crippen molar-refractivity contribution in [3.05, 3.63) is 106 Å². The van der Waals surface area contributed by atoms with Gasteiger partial charge in [0.05, 0.1) is 10.6 Å². The Morgan fingerprint density at radius 1 is 0.974 bits per heavy atom. The molecule has 0 aliphatic heterocycles. The van der Waals surface area contributed by atoms with E-state index in [4.69, 9.17) is 17.3 Å². The van der Waals surface area contributed by atoms with E-state index in [1.165, 1.54) is 18.2 Å². The summed E-state index contributed by atoms with van der Waals surface area (Å²) < 4.78 is 27.8. The van der Waals surface area contributed by atoms with Gasteiger partial charge in [-0.1, -0.05) is 54.1 Å². The number of hydrogen-bond acceptors (Lipinski definition) is 5. The van der Waals surface area contributed by atoms with E-state index in [9.17, 15) is 23.1 Å². The molecule has 0 aromatic heterocycles. The van der Waals surface area contributed by atoms with Crippen molar-refractivity contribution < 1.29 is 23.1 Å². The number of benzene rings is 4. The number of halogens is 1. The predicted octanol–water partition coefficient (Wildman–Crippen LogP) is 4.47. The van der Waals surface area contributed by atoms with Gasteiger partial charge in [-0.15, -0.1) is 0 Å². The fraction of sp³-hybridized carbons (Fsp3) is 0.143. The number of anilines is 1. The average Bonchev–Trinajstić information content (AvgIpc) is 2.89. The maximum Gasteiger partial charge on any atom is 0.324 e. The van der Waals surface area contributed by atoms with Gasteiger partial charge in [0.25, 0.3) is 15.9 Å². The molecule has 0 aliphatic carbocycles. The number of nitrogens with zero attached hydrogens (tertiary/aromatic N) is 1. The number of fused-ring (bicyclic) bond motifs is 1. The van der Waals surface area contributed by atoms with Crippen LogP contribution in [0.4, 0.5) is 5.69 Å². The van der Waals surface area contributed by atoms with Gasteiger partial charge in [0.1, 0.15) is 6.54 Å². The Morgan fingerprint density at radius 3 is 2.34 bits per heavy atom. The molecule has 0 aliphatic rings. The zero-order chi connectivity index (χ0) is 27.4. The Hall–Kier alpha value is -3.92. The predicted molar refractivity (Wildman–Crippen MR) is 148 cm³/mol. The number of amides is 1. The summed E-state index contributed by atoms with van der Waals surface area (Å²) in [6, 6.07) is 21.7. The molecule has 4 rings (SSSR count). The lowest BCUT2D eigenvalue weighted by Gasteiger charge is -2.23. The van der Waals surface area contributed by atoms with Crippen molar-refractivity contribution in [1.82, 2.24) is 5.32 Å². The van der Waals surface area contributed by atoms with Crippen LogP contribution in [0.3, 0.4) is 0 Å². The Labute approximate surface area is 225 Å². The first kappa shape index (κ1) is 27.1. The van der Waals surface area contributed by atoms with Crippen molar-refractivity contribution in [3.8, 4) is 0 Å². The van der Waals surface area contributed by atoms with E-state index >= 15 is 0 Å². The first-order chi connectivity index (χ1) is 18.1.